The van der Waals surface area contributed by atoms with Crippen LogP contribution in [0.3, 0.4) is 0 Å². The molecule has 4 rings (SSSR count). The number of hydrogen-bond acceptors (Lipinski definition) is 5. The SMILES string of the molecule is COc1ccc(CN2CC[C@H](NC(=O)c3cc(Cl)c(NC(=O)C4CC4)cc3OC)C2)cc1. The van der Waals surface area contributed by atoms with Crippen molar-refractivity contribution >= 4 is 29.1 Å². The van der Waals surface area contributed by atoms with Gasteiger partial charge in [0.05, 0.1) is 30.5 Å². The molecule has 1 atom stereocenters. The Balaban J connectivity index is 1.36. The molecule has 1 saturated carbocycles. The number of nitrogens with one attached hydrogen (secondary N) is 2. The van der Waals surface area contributed by atoms with Gasteiger partial charge in [-0.05, 0) is 43.0 Å². The zero-order chi connectivity index (χ0) is 22.7. The number of ether oxygens (including phenoxy) is 2. The summed E-state index contributed by atoms with van der Waals surface area (Å²) < 4.78 is 10.6. The van der Waals surface area contributed by atoms with Crippen LogP contribution in [-0.2, 0) is 11.3 Å². The highest BCUT2D eigenvalue weighted by atomic mass is 35.5. The number of anilines is 1. The van der Waals surface area contributed by atoms with Crippen LogP contribution in [0.15, 0.2) is 36.4 Å². The molecule has 2 amide bonds. The van der Waals surface area contributed by atoms with E-state index in [1.54, 1.807) is 19.2 Å². The van der Waals surface area contributed by atoms with Gasteiger partial charge in [-0.15, -0.1) is 0 Å². The minimum Gasteiger partial charge on any atom is -0.497 e. The van der Waals surface area contributed by atoms with Crippen molar-refractivity contribution < 1.29 is 19.1 Å². The molecular weight excluding hydrogens is 430 g/mol. The standard InChI is InChI=1S/C24H28ClN3O4/c1-31-18-7-3-15(4-8-18)13-28-10-9-17(14-28)26-24(30)19-11-20(25)21(12-22(19)32-2)27-23(29)16-5-6-16/h3-4,7-8,11-12,16-17H,5-6,9-10,13-14H2,1-2H3,(H,26,30)(H,27,29)/t17-/m0/s1. The average Bonchev–Trinajstić information content (AvgIpc) is 3.56. The molecule has 2 aliphatic rings. The van der Waals surface area contributed by atoms with E-state index in [4.69, 9.17) is 21.1 Å². The molecule has 0 bridgehead atoms. The molecule has 2 aromatic carbocycles. The number of benzene rings is 2. The maximum absolute atomic E-state index is 13.0. The van der Waals surface area contributed by atoms with Crippen LogP contribution in [0.25, 0.3) is 0 Å². The van der Waals surface area contributed by atoms with Crippen molar-refractivity contribution in [3.8, 4) is 11.5 Å². The number of likely N-dealkylation sites (tertiary alicyclic amines) is 1. The largest absolute Gasteiger partial charge is 0.497 e. The number of halogens is 1. The van der Waals surface area contributed by atoms with Crippen LogP contribution in [-0.4, -0.2) is 50.1 Å². The van der Waals surface area contributed by atoms with Crippen molar-refractivity contribution in [1.82, 2.24) is 10.2 Å². The average molecular weight is 458 g/mol. The first-order valence-electron chi connectivity index (χ1n) is 10.8. The Kier molecular flexibility index (Phi) is 6.86. The molecule has 8 heteroatoms. The first kappa shape index (κ1) is 22.4. The Bertz CT molecular complexity index is 991. The quantitative estimate of drug-likeness (QED) is 0.631. The monoisotopic (exact) mass is 457 g/mol. The van der Waals surface area contributed by atoms with E-state index in [0.717, 1.165) is 44.6 Å². The van der Waals surface area contributed by atoms with E-state index in [1.807, 2.05) is 12.1 Å². The fourth-order valence-corrected chi connectivity index (χ4v) is 4.13. The van der Waals surface area contributed by atoms with Crippen molar-refractivity contribution in [1.29, 1.82) is 0 Å². The van der Waals surface area contributed by atoms with Gasteiger partial charge in [0.15, 0.2) is 0 Å². The summed E-state index contributed by atoms with van der Waals surface area (Å²) in [6.07, 6.45) is 2.67. The van der Waals surface area contributed by atoms with Crippen LogP contribution < -0.4 is 20.1 Å². The molecule has 0 unspecified atom stereocenters. The minimum absolute atomic E-state index is 0.0403. The molecular formula is C24H28ClN3O4. The van der Waals surface area contributed by atoms with Crippen molar-refractivity contribution in [2.45, 2.75) is 31.8 Å². The molecule has 2 N–H and O–H groups in total. The molecule has 1 heterocycles. The van der Waals surface area contributed by atoms with Gasteiger partial charge in [-0.25, -0.2) is 0 Å². The molecule has 7 nitrogen and oxygen atoms in total. The molecule has 32 heavy (non-hydrogen) atoms. The second-order valence-corrected chi connectivity index (χ2v) is 8.75. The van der Waals surface area contributed by atoms with E-state index in [-0.39, 0.29) is 23.8 Å². The lowest BCUT2D eigenvalue weighted by Gasteiger charge is -2.18. The van der Waals surface area contributed by atoms with Gasteiger partial charge in [-0.2, -0.15) is 0 Å². The normalized spacial score (nSPS) is 18.3. The molecule has 0 aromatic heterocycles. The molecule has 1 aliphatic heterocycles. The van der Waals surface area contributed by atoms with E-state index < -0.39 is 0 Å². The van der Waals surface area contributed by atoms with Crippen LogP contribution in [0.1, 0.15) is 35.2 Å². The highest BCUT2D eigenvalue weighted by molar-refractivity contribution is 6.34. The summed E-state index contributed by atoms with van der Waals surface area (Å²) in [6.45, 7) is 2.49. The molecule has 2 aromatic rings. The van der Waals surface area contributed by atoms with E-state index in [2.05, 4.69) is 27.7 Å². The van der Waals surface area contributed by atoms with Gasteiger partial charge >= 0.3 is 0 Å². The molecule has 0 radical (unpaired) electrons. The van der Waals surface area contributed by atoms with E-state index in [1.165, 1.54) is 12.7 Å². The van der Waals surface area contributed by atoms with Crippen LogP contribution >= 0.6 is 11.6 Å². The van der Waals surface area contributed by atoms with Crippen molar-refractivity contribution in [2.24, 2.45) is 5.92 Å². The number of amides is 2. The minimum atomic E-state index is -0.236. The zero-order valence-electron chi connectivity index (χ0n) is 18.3. The zero-order valence-corrected chi connectivity index (χ0v) is 19.1. The topological polar surface area (TPSA) is 79.9 Å². The summed E-state index contributed by atoms with van der Waals surface area (Å²) in [6, 6.07) is 11.2. The van der Waals surface area contributed by atoms with Gasteiger partial charge in [0, 0.05) is 37.7 Å². The lowest BCUT2D eigenvalue weighted by molar-refractivity contribution is -0.117. The third kappa shape index (κ3) is 5.34. The van der Waals surface area contributed by atoms with E-state index in [9.17, 15) is 9.59 Å². The summed E-state index contributed by atoms with van der Waals surface area (Å²) >= 11 is 6.36. The Labute approximate surface area is 193 Å². The fraction of sp³-hybridized carbons (Fsp3) is 0.417. The smallest absolute Gasteiger partial charge is 0.255 e. The second kappa shape index (κ2) is 9.79. The number of nitrogens with zero attached hydrogens (tertiary/aromatic N) is 1. The lowest BCUT2D eigenvalue weighted by atomic mass is 10.1. The highest BCUT2D eigenvalue weighted by Gasteiger charge is 2.30. The number of carbonyl (C=O) groups excluding carboxylic acids is 2. The Morgan fingerprint density at radius 3 is 2.50 bits per heavy atom. The highest BCUT2D eigenvalue weighted by Crippen LogP contribution is 2.34. The van der Waals surface area contributed by atoms with Crippen molar-refractivity contribution in [3.05, 3.63) is 52.5 Å². The number of hydrogen-bond donors (Lipinski definition) is 2. The van der Waals surface area contributed by atoms with Gasteiger partial charge in [0.1, 0.15) is 11.5 Å². The van der Waals surface area contributed by atoms with Crippen LogP contribution in [0.5, 0.6) is 11.5 Å². The number of rotatable bonds is 8. The molecule has 170 valence electrons. The Morgan fingerprint density at radius 1 is 1.09 bits per heavy atom. The first-order valence-corrected chi connectivity index (χ1v) is 11.2. The van der Waals surface area contributed by atoms with Gasteiger partial charge in [-0.3, -0.25) is 14.5 Å². The fourth-order valence-electron chi connectivity index (χ4n) is 3.92. The van der Waals surface area contributed by atoms with E-state index in [0.29, 0.717) is 22.0 Å². The molecule has 2 fully saturated rings. The molecule has 0 spiro atoms. The summed E-state index contributed by atoms with van der Waals surface area (Å²) in [5.74, 6) is 0.995. The first-order chi connectivity index (χ1) is 15.5. The van der Waals surface area contributed by atoms with Gasteiger partial charge in [0.2, 0.25) is 5.91 Å². The lowest BCUT2D eigenvalue weighted by Crippen LogP contribution is -2.37. The Morgan fingerprint density at radius 2 is 1.84 bits per heavy atom. The summed E-state index contributed by atoms with van der Waals surface area (Å²) in [4.78, 5) is 27.3. The van der Waals surface area contributed by atoms with Crippen LogP contribution in [0.2, 0.25) is 5.02 Å². The second-order valence-electron chi connectivity index (χ2n) is 8.34. The summed E-state index contributed by atoms with van der Waals surface area (Å²) in [5, 5.41) is 6.24. The van der Waals surface area contributed by atoms with Crippen molar-refractivity contribution in [3.63, 3.8) is 0 Å². The van der Waals surface area contributed by atoms with Crippen LogP contribution in [0.4, 0.5) is 5.69 Å². The third-order valence-corrected chi connectivity index (χ3v) is 6.23. The van der Waals surface area contributed by atoms with Crippen molar-refractivity contribution in [2.75, 3.05) is 32.6 Å². The Hall–Kier alpha value is -2.77. The molecule has 1 aliphatic carbocycles. The summed E-state index contributed by atoms with van der Waals surface area (Å²) in [5.41, 5.74) is 2.02. The third-order valence-electron chi connectivity index (χ3n) is 5.91. The predicted octanol–water partition coefficient (Wildman–Crippen LogP) is 3.71. The molecule has 1 saturated heterocycles. The van der Waals surface area contributed by atoms with Crippen LogP contribution in [0, 0.1) is 5.92 Å². The van der Waals surface area contributed by atoms with Gasteiger partial charge in [0.25, 0.3) is 5.91 Å². The van der Waals surface area contributed by atoms with Gasteiger partial charge < -0.3 is 20.1 Å². The number of carbonyl (C=O) groups is 2. The number of methoxy groups -OCH3 is 2. The van der Waals surface area contributed by atoms with E-state index >= 15 is 0 Å². The summed E-state index contributed by atoms with van der Waals surface area (Å²) in [7, 11) is 3.15. The maximum Gasteiger partial charge on any atom is 0.255 e. The predicted molar refractivity (Wildman–Crippen MR) is 123 cm³/mol. The van der Waals surface area contributed by atoms with Gasteiger partial charge in [-0.1, -0.05) is 23.7 Å². The maximum atomic E-state index is 13.0.